The molecule has 2 aromatic rings. The summed E-state index contributed by atoms with van der Waals surface area (Å²) >= 11 is 0. The summed E-state index contributed by atoms with van der Waals surface area (Å²) in [6.07, 6.45) is 13.9. The molecule has 2 aromatic heterocycles. The minimum atomic E-state index is -0.298. The Kier molecular flexibility index (Phi) is 7.29. The van der Waals surface area contributed by atoms with Gasteiger partial charge in [-0.1, -0.05) is 6.08 Å². The van der Waals surface area contributed by atoms with Crippen LogP contribution in [0.2, 0.25) is 0 Å². The number of likely N-dealkylation sites (tertiary alicyclic amines) is 1. The minimum Gasteiger partial charge on any atom is -0.472 e. The normalized spacial score (nSPS) is 22.4. The van der Waals surface area contributed by atoms with Gasteiger partial charge in [0.1, 0.15) is 18.0 Å². The number of nitrogens with one attached hydrogen (secondary N) is 1. The summed E-state index contributed by atoms with van der Waals surface area (Å²) in [5, 5.41) is 3.42. The molecule has 10 nitrogen and oxygen atoms in total. The number of cyclic esters (lactones) is 1. The number of aromatic nitrogens is 3. The number of hydrogen-bond acceptors (Lipinski definition) is 9. The predicted molar refractivity (Wildman–Crippen MR) is 131 cm³/mol. The third-order valence-corrected chi connectivity index (χ3v) is 6.36. The van der Waals surface area contributed by atoms with Gasteiger partial charge in [-0.15, -0.1) is 0 Å². The fourth-order valence-corrected chi connectivity index (χ4v) is 4.50. The van der Waals surface area contributed by atoms with Crippen molar-refractivity contribution in [2.24, 2.45) is 4.99 Å². The number of amidine groups is 1. The average molecular weight is 478 g/mol. The Labute approximate surface area is 205 Å². The Balaban J connectivity index is 1.11. The van der Waals surface area contributed by atoms with E-state index in [1.165, 1.54) is 0 Å². The van der Waals surface area contributed by atoms with Crippen molar-refractivity contribution in [3.63, 3.8) is 0 Å². The molecule has 0 bridgehead atoms. The van der Waals surface area contributed by atoms with Crippen LogP contribution in [-0.2, 0) is 11.3 Å². The monoisotopic (exact) mass is 477 g/mol. The zero-order valence-electron chi connectivity index (χ0n) is 20.0. The Morgan fingerprint density at radius 3 is 2.94 bits per heavy atom. The molecule has 2 saturated heterocycles. The average Bonchev–Trinajstić information content (AvgIpc) is 3.47. The quantitative estimate of drug-likeness (QED) is 0.579. The van der Waals surface area contributed by atoms with Gasteiger partial charge < -0.3 is 19.7 Å². The maximum atomic E-state index is 12.2. The molecule has 5 heterocycles. The second kappa shape index (κ2) is 10.9. The second-order valence-electron chi connectivity index (χ2n) is 9.17. The molecule has 3 aliphatic rings. The van der Waals surface area contributed by atoms with Crippen LogP contribution in [0.25, 0.3) is 11.3 Å². The zero-order chi connectivity index (χ0) is 24.0. The van der Waals surface area contributed by atoms with Gasteiger partial charge in [-0.3, -0.25) is 14.9 Å². The lowest BCUT2D eigenvalue weighted by molar-refractivity contribution is 0.132. The van der Waals surface area contributed by atoms with E-state index >= 15 is 0 Å². The predicted octanol–water partition coefficient (Wildman–Crippen LogP) is 2.63. The Hall–Kier alpha value is -3.37. The van der Waals surface area contributed by atoms with Gasteiger partial charge in [0.05, 0.1) is 24.6 Å². The third-order valence-electron chi connectivity index (χ3n) is 6.36. The Morgan fingerprint density at radius 1 is 1.20 bits per heavy atom. The highest BCUT2D eigenvalue weighted by molar-refractivity contribution is 5.97. The Bertz CT molecular complexity index is 1110. The highest BCUT2D eigenvalue weighted by atomic mass is 16.6. The van der Waals surface area contributed by atoms with Gasteiger partial charge in [-0.2, -0.15) is 0 Å². The van der Waals surface area contributed by atoms with Crippen LogP contribution in [0.4, 0.5) is 4.79 Å². The Morgan fingerprint density at radius 2 is 2.11 bits per heavy atom. The molecular formula is C25H31N7O3. The second-order valence-corrected chi connectivity index (χ2v) is 9.17. The molecule has 10 heteroatoms. The largest absolute Gasteiger partial charge is 0.472 e. The molecule has 3 aliphatic heterocycles. The summed E-state index contributed by atoms with van der Waals surface area (Å²) in [5.41, 5.74) is 2.68. The topological polar surface area (TPSA) is 105 Å². The van der Waals surface area contributed by atoms with Crippen LogP contribution in [0.5, 0.6) is 5.88 Å². The van der Waals surface area contributed by atoms with E-state index in [2.05, 4.69) is 43.3 Å². The zero-order valence-corrected chi connectivity index (χ0v) is 20.0. The number of likely N-dealkylation sites (N-methyl/N-ethyl adjacent to an activating group) is 1. The molecule has 1 amide bonds. The first kappa shape index (κ1) is 23.4. The van der Waals surface area contributed by atoms with Crippen molar-refractivity contribution in [1.82, 2.24) is 30.1 Å². The number of ether oxygens (including phenoxy) is 2. The third kappa shape index (κ3) is 6.01. The first-order chi connectivity index (χ1) is 17.1. The maximum Gasteiger partial charge on any atom is 0.415 e. The van der Waals surface area contributed by atoms with E-state index in [0.717, 1.165) is 68.0 Å². The number of aliphatic imine (C=N–C) groups is 1. The first-order valence-electron chi connectivity index (χ1n) is 12.2. The highest BCUT2D eigenvalue weighted by Crippen LogP contribution is 2.21. The van der Waals surface area contributed by atoms with Gasteiger partial charge in [0.25, 0.3) is 0 Å². The molecule has 0 unspecified atom stereocenters. The molecule has 35 heavy (non-hydrogen) atoms. The van der Waals surface area contributed by atoms with Gasteiger partial charge in [0.15, 0.2) is 0 Å². The lowest BCUT2D eigenvalue weighted by Crippen LogP contribution is -2.33. The molecule has 0 spiro atoms. The van der Waals surface area contributed by atoms with Crippen molar-refractivity contribution < 1.29 is 14.3 Å². The van der Waals surface area contributed by atoms with E-state index in [-0.39, 0.29) is 18.3 Å². The van der Waals surface area contributed by atoms with E-state index in [4.69, 9.17) is 9.47 Å². The molecule has 0 aliphatic carbocycles. The van der Waals surface area contributed by atoms with E-state index in [1.807, 2.05) is 12.3 Å². The number of carbonyl (C=O) groups excluding carboxylic acids is 1. The molecule has 0 saturated carbocycles. The van der Waals surface area contributed by atoms with Gasteiger partial charge in [-0.05, 0) is 44.5 Å². The summed E-state index contributed by atoms with van der Waals surface area (Å²) in [4.78, 5) is 33.8. The van der Waals surface area contributed by atoms with Crippen molar-refractivity contribution in [3.8, 4) is 17.1 Å². The van der Waals surface area contributed by atoms with Crippen LogP contribution < -0.4 is 10.1 Å². The van der Waals surface area contributed by atoms with Crippen LogP contribution in [0, 0.1) is 0 Å². The molecule has 5 rings (SSSR count). The van der Waals surface area contributed by atoms with E-state index < -0.39 is 0 Å². The fraction of sp³-hybridized carbons (Fsp3) is 0.480. The molecule has 184 valence electrons. The number of amides is 1. The van der Waals surface area contributed by atoms with E-state index in [0.29, 0.717) is 19.0 Å². The fourth-order valence-electron chi connectivity index (χ4n) is 4.50. The van der Waals surface area contributed by atoms with Crippen LogP contribution >= 0.6 is 0 Å². The molecule has 0 aromatic carbocycles. The lowest BCUT2D eigenvalue weighted by Gasteiger charge is -2.16. The van der Waals surface area contributed by atoms with Crippen LogP contribution in [0.1, 0.15) is 31.2 Å². The van der Waals surface area contributed by atoms with Crippen molar-refractivity contribution in [2.75, 3.05) is 33.2 Å². The van der Waals surface area contributed by atoms with Crippen molar-refractivity contribution >= 4 is 11.9 Å². The summed E-state index contributed by atoms with van der Waals surface area (Å²) in [6, 6.07) is 2.06. The van der Waals surface area contributed by atoms with Crippen LogP contribution in [-0.4, -0.2) is 82.1 Å². The number of allylic oxidation sites excluding steroid dienone is 1. The number of rotatable bonds is 8. The highest BCUT2D eigenvalue weighted by Gasteiger charge is 2.33. The summed E-state index contributed by atoms with van der Waals surface area (Å²) < 4.78 is 11.5. The molecule has 2 fully saturated rings. The van der Waals surface area contributed by atoms with Crippen LogP contribution in [0.3, 0.4) is 0 Å². The maximum absolute atomic E-state index is 12.2. The SMILES string of the molecule is CN1CC[C@H](Oc2cncc(-c3cncc(CNCC[C@H]4CN(C5=NC=CCC5)C(=O)O4)c3)n2)C1. The molecule has 0 radical (unpaired) electrons. The van der Waals surface area contributed by atoms with Crippen LogP contribution in [0.15, 0.2) is 48.1 Å². The smallest absolute Gasteiger partial charge is 0.415 e. The number of nitrogens with zero attached hydrogens (tertiary/aromatic N) is 6. The van der Waals surface area contributed by atoms with Gasteiger partial charge in [-0.25, -0.2) is 14.8 Å². The lowest BCUT2D eigenvalue weighted by atomic mass is 10.1. The van der Waals surface area contributed by atoms with Crippen molar-refractivity contribution in [2.45, 2.75) is 44.4 Å². The minimum absolute atomic E-state index is 0.134. The van der Waals surface area contributed by atoms with Gasteiger partial charge in [0.2, 0.25) is 5.88 Å². The number of hydrogen-bond donors (Lipinski definition) is 1. The van der Waals surface area contributed by atoms with E-state index in [9.17, 15) is 4.79 Å². The summed E-state index contributed by atoms with van der Waals surface area (Å²) in [7, 11) is 2.09. The number of carbonyl (C=O) groups is 1. The van der Waals surface area contributed by atoms with Crippen molar-refractivity contribution in [3.05, 3.63) is 48.7 Å². The number of pyridine rings is 1. The molecule has 1 N–H and O–H groups in total. The van der Waals surface area contributed by atoms with Gasteiger partial charge in [0, 0.05) is 50.2 Å². The van der Waals surface area contributed by atoms with Crippen molar-refractivity contribution in [1.29, 1.82) is 0 Å². The summed E-state index contributed by atoms with van der Waals surface area (Å²) in [5.74, 6) is 1.34. The molecule has 2 atom stereocenters. The summed E-state index contributed by atoms with van der Waals surface area (Å²) in [6.45, 7) is 3.87. The van der Waals surface area contributed by atoms with Gasteiger partial charge >= 0.3 is 6.09 Å². The molecular weight excluding hydrogens is 446 g/mol. The first-order valence-corrected chi connectivity index (χ1v) is 12.2. The standard InChI is InChI=1S/C25H31N7O3/c1-31-9-6-21(16-31)34-24-15-28-14-22(30-24)19-10-18(12-27-13-19)11-26-8-5-20-17-32(25(33)35-20)23-4-2-3-7-29-23/h3,7,10,12-15,20-21,26H,2,4-6,8-9,11,16-17H2,1H3/t20-,21-/m0/s1. The van der Waals surface area contributed by atoms with E-state index in [1.54, 1.807) is 29.7 Å².